The summed E-state index contributed by atoms with van der Waals surface area (Å²) in [7, 11) is 0. The Labute approximate surface area is 74.6 Å². The van der Waals surface area contributed by atoms with E-state index in [0.29, 0.717) is 0 Å². The van der Waals surface area contributed by atoms with Gasteiger partial charge in [-0.05, 0) is 24.1 Å². The molecule has 2 atom stereocenters. The van der Waals surface area contributed by atoms with E-state index in [1.54, 1.807) is 6.07 Å². The molecular formula is C10H7F2N. The lowest BCUT2D eigenvalue weighted by molar-refractivity contribution is 0.507. The van der Waals surface area contributed by atoms with Crippen LogP contribution in [0.4, 0.5) is 8.78 Å². The standard InChI is InChI=1S/C10H7F2N/c11-9-2-1-6(4-10(9)12)8-3-7(8)5-13/h1-2,4,7-8H,3H2/t7-,8+/m0/s1. The fourth-order valence-electron chi connectivity index (χ4n) is 1.45. The molecule has 0 heterocycles. The van der Waals surface area contributed by atoms with Gasteiger partial charge in [0, 0.05) is 5.92 Å². The molecule has 1 saturated carbocycles. The molecule has 0 radical (unpaired) electrons. The molecule has 2 rings (SSSR count). The van der Waals surface area contributed by atoms with Gasteiger partial charge in [0.1, 0.15) is 0 Å². The number of hydrogen-bond donors (Lipinski definition) is 0. The monoisotopic (exact) mass is 179 g/mol. The summed E-state index contributed by atoms with van der Waals surface area (Å²) in [6, 6.07) is 5.93. The third kappa shape index (κ3) is 1.40. The van der Waals surface area contributed by atoms with E-state index in [2.05, 4.69) is 6.07 Å². The van der Waals surface area contributed by atoms with Crippen LogP contribution in [0.25, 0.3) is 0 Å². The first-order chi connectivity index (χ1) is 6.22. The van der Waals surface area contributed by atoms with Gasteiger partial charge >= 0.3 is 0 Å². The van der Waals surface area contributed by atoms with Crippen molar-refractivity contribution in [2.75, 3.05) is 0 Å². The topological polar surface area (TPSA) is 23.8 Å². The second kappa shape index (κ2) is 2.81. The molecule has 3 heteroatoms. The minimum absolute atomic E-state index is 0.00939. The summed E-state index contributed by atoms with van der Waals surface area (Å²) in [5.41, 5.74) is 0.727. The van der Waals surface area contributed by atoms with E-state index in [-0.39, 0.29) is 11.8 Å². The molecule has 0 N–H and O–H groups in total. The summed E-state index contributed by atoms with van der Waals surface area (Å²) in [5, 5.41) is 8.54. The van der Waals surface area contributed by atoms with Crippen LogP contribution < -0.4 is 0 Å². The molecule has 1 aliphatic rings. The molecule has 0 amide bonds. The van der Waals surface area contributed by atoms with Crippen LogP contribution in [0.15, 0.2) is 18.2 Å². The van der Waals surface area contributed by atoms with Gasteiger partial charge in [0.2, 0.25) is 0 Å². The third-order valence-electron chi connectivity index (χ3n) is 2.33. The minimum Gasteiger partial charge on any atom is -0.204 e. The number of nitriles is 1. The van der Waals surface area contributed by atoms with Gasteiger partial charge in [0.25, 0.3) is 0 Å². The molecule has 0 bridgehead atoms. The fourth-order valence-corrected chi connectivity index (χ4v) is 1.45. The van der Waals surface area contributed by atoms with Gasteiger partial charge in [-0.2, -0.15) is 5.26 Å². The van der Waals surface area contributed by atoms with Gasteiger partial charge in [-0.3, -0.25) is 0 Å². The zero-order chi connectivity index (χ0) is 9.42. The van der Waals surface area contributed by atoms with Gasteiger partial charge in [-0.15, -0.1) is 0 Å². The quantitative estimate of drug-likeness (QED) is 0.650. The summed E-state index contributed by atoms with van der Waals surface area (Å²) in [6.45, 7) is 0. The molecular weight excluding hydrogens is 172 g/mol. The van der Waals surface area contributed by atoms with E-state index in [9.17, 15) is 8.78 Å². The van der Waals surface area contributed by atoms with E-state index in [4.69, 9.17) is 5.26 Å². The van der Waals surface area contributed by atoms with Crippen LogP contribution in [-0.2, 0) is 0 Å². The van der Waals surface area contributed by atoms with Crippen molar-refractivity contribution in [3.8, 4) is 6.07 Å². The van der Waals surface area contributed by atoms with Gasteiger partial charge in [-0.25, -0.2) is 8.78 Å². The van der Waals surface area contributed by atoms with Crippen LogP contribution >= 0.6 is 0 Å². The van der Waals surface area contributed by atoms with Crippen LogP contribution in [0.1, 0.15) is 17.9 Å². The summed E-state index contributed by atoms with van der Waals surface area (Å²) in [4.78, 5) is 0. The highest BCUT2D eigenvalue weighted by molar-refractivity contribution is 5.29. The molecule has 0 aliphatic heterocycles. The number of benzene rings is 1. The second-order valence-corrected chi connectivity index (χ2v) is 3.25. The lowest BCUT2D eigenvalue weighted by Crippen LogP contribution is -1.88. The second-order valence-electron chi connectivity index (χ2n) is 3.25. The van der Waals surface area contributed by atoms with Crippen molar-refractivity contribution < 1.29 is 8.78 Å². The number of nitrogens with zero attached hydrogens (tertiary/aromatic N) is 1. The Balaban J connectivity index is 2.25. The van der Waals surface area contributed by atoms with Crippen molar-refractivity contribution >= 4 is 0 Å². The Morgan fingerprint density at radius 2 is 2.08 bits per heavy atom. The van der Waals surface area contributed by atoms with Crippen LogP contribution in [0.5, 0.6) is 0 Å². The Kier molecular flexibility index (Phi) is 1.77. The zero-order valence-electron chi connectivity index (χ0n) is 6.80. The molecule has 1 fully saturated rings. The number of rotatable bonds is 1. The van der Waals surface area contributed by atoms with Gasteiger partial charge in [0.15, 0.2) is 11.6 Å². The summed E-state index contributed by atoms with van der Waals surface area (Å²) < 4.78 is 25.3. The minimum atomic E-state index is -0.835. The SMILES string of the molecule is N#C[C@@H]1C[C@@H]1c1ccc(F)c(F)c1. The van der Waals surface area contributed by atoms with Gasteiger partial charge in [-0.1, -0.05) is 6.07 Å². The molecule has 0 unspecified atom stereocenters. The summed E-state index contributed by atoms with van der Waals surface area (Å²) >= 11 is 0. The summed E-state index contributed by atoms with van der Waals surface area (Å²) in [5.74, 6) is -1.57. The molecule has 66 valence electrons. The highest BCUT2D eigenvalue weighted by Crippen LogP contribution is 2.46. The molecule has 0 saturated heterocycles. The van der Waals surface area contributed by atoms with Crippen molar-refractivity contribution in [2.24, 2.45) is 5.92 Å². The molecule has 1 aromatic rings. The average Bonchev–Trinajstić information content (AvgIpc) is 2.88. The van der Waals surface area contributed by atoms with Crippen molar-refractivity contribution in [3.05, 3.63) is 35.4 Å². The lowest BCUT2D eigenvalue weighted by Gasteiger charge is -1.98. The van der Waals surface area contributed by atoms with E-state index in [1.807, 2.05) is 0 Å². The summed E-state index contributed by atoms with van der Waals surface area (Å²) in [6.07, 6.45) is 0.765. The maximum Gasteiger partial charge on any atom is 0.159 e. The zero-order valence-corrected chi connectivity index (χ0v) is 6.80. The van der Waals surface area contributed by atoms with Gasteiger partial charge < -0.3 is 0 Å². The third-order valence-corrected chi connectivity index (χ3v) is 2.33. The van der Waals surface area contributed by atoms with Crippen LogP contribution in [-0.4, -0.2) is 0 Å². The Hall–Kier alpha value is -1.43. The van der Waals surface area contributed by atoms with E-state index < -0.39 is 11.6 Å². The average molecular weight is 179 g/mol. The highest BCUT2D eigenvalue weighted by atomic mass is 19.2. The predicted octanol–water partition coefficient (Wildman–Crippen LogP) is 2.59. The first-order valence-corrected chi connectivity index (χ1v) is 4.07. The molecule has 0 aromatic heterocycles. The molecule has 1 aliphatic carbocycles. The van der Waals surface area contributed by atoms with Crippen LogP contribution in [0, 0.1) is 28.9 Å². The lowest BCUT2D eigenvalue weighted by atomic mass is 10.1. The first kappa shape index (κ1) is 8.18. The fraction of sp³-hybridized carbons (Fsp3) is 0.300. The Morgan fingerprint density at radius 1 is 1.31 bits per heavy atom. The first-order valence-electron chi connectivity index (χ1n) is 4.07. The number of halogens is 2. The van der Waals surface area contributed by atoms with Crippen molar-refractivity contribution in [1.82, 2.24) is 0 Å². The highest BCUT2D eigenvalue weighted by Gasteiger charge is 2.38. The molecule has 1 nitrogen and oxygen atoms in total. The van der Waals surface area contributed by atoms with Crippen LogP contribution in [0.2, 0.25) is 0 Å². The molecule has 0 spiro atoms. The van der Waals surface area contributed by atoms with E-state index >= 15 is 0 Å². The molecule has 13 heavy (non-hydrogen) atoms. The van der Waals surface area contributed by atoms with Crippen molar-refractivity contribution in [1.29, 1.82) is 5.26 Å². The van der Waals surface area contributed by atoms with E-state index in [0.717, 1.165) is 18.1 Å². The normalized spacial score (nSPS) is 25.3. The van der Waals surface area contributed by atoms with E-state index in [1.165, 1.54) is 6.07 Å². The maximum atomic E-state index is 12.7. The molecule has 1 aromatic carbocycles. The predicted molar refractivity (Wildman–Crippen MR) is 42.8 cm³/mol. The maximum absolute atomic E-state index is 12.7. The Morgan fingerprint density at radius 3 is 2.62 bits per heavy atom. The van der Waals surface area contributed by atoms with Crippen LogP contribution in [0.3, 0.4) is 0 Å². The van der Waals surface area contributed by atoms with Gasteiger partial charge in [0.05, 0.1) is 12.0 Å². The van der Waals surface area contributed by atoms with Crippen molar-refractivity contribution in [2.45, 2.75) is 12.3 Å². The Bertz CT molecular complexity index is 381. The van der Waals surface area contributed by atoms with Crippen molar-refractivity contribution in [3.63, 3.8) is 0 Å². The number of hydrogen-bond acceptors (Lipinski definition) is 1. The smallest absolute Gasteiger partial charge is 0.159 e. The largest absolute Gasteiger partial charge is 0.204 e.